The number of hydrogen-bond acceptors (Lipinski definition) is 3. The third-order valence-corrected chi connectivity index (χ3v) is 4.61. The number of alkyl halides is 1. The van der Waals surface area contributed by atoms with Gasteiger partial charge in [0.2, 0.25) is 0 Å². The molecule has 1 aliphatic rings. The van der Waals surface area contributed by atoms with Gasteiger partial charge in [0.1, 0.15) is 0 Å². The molecule has 0 radical (unpaired) electrons. The maximum absolute atomic E-state index is 6.37. The molecule has 2 heterocycles. The van der Waals surface area contributed by atoms with E-state index in [1.54, 1.807) is 0 Å². The van der Waals surface area contributed by atoms with Crippen molar-refractivity contribution in [2.45, 2.75) is 46.1 Å². The van der Waals surface area contributed by atoms with Crippen molar-refractivity contribution in [1.82, 2.24) is 14.7 Å². The summed E-state index contributed by atoms with van der Waals surface area (Å²) in [5.41, 5.74) is 2.03. The Morgan fingerprint density at radius 3 is 2.84 bits per heavy atom. The SMILES string of the molecule is CCn1nc(C)c(Cl)c1CN1CC(C)OC(CBr)C1. The van der Waals surface area contributed by atoms with Crippen molar-refractivity contribution < 1.29 is 4.74 Å². The molecule has 1 aromatic heterocycles. The van der Waals surface area contributed by atoms with E-state index in [0.717, 1.165) is 47.9 Å². The molecular formula is C13H21BrClN3O. The van der Waals surface area contributed by atoms with Crippen molar-refractivity contribution in [2.24, 2.45) is 0 Å². The van der Waals surface area contributed by atoms with E-state index >= 15 is 0 Å². The predicted octanol–water partition coefficient (Wildman–Crippen LogP) is 2.85. The van der Waals surface area contributed by atoms with Crippen LogP contribution in [0.2, 0.25) is 5.02 Å². The summed E-state index contributed by atoms with van der Waals surface area (Å²) in [5.74, 6) is 0. The molecule has 0 amide bonds. The Morgan fingerprint density at radius 2 is 2.21 bits per heavy atom. The normalized spacial score (nSPS) is 24.9. The van der Waals surface area contributed by atoms with Gasteiger partial charge in [0.25, 0.3) is 0 Å². The minimum Gasteiger partial charge on any atom is -0.372 e. The Hall–Kier alpha value is -0.100. The average molecular weight is 351 g/mol. The van der Waals surface area contributed by atoms with Crippen LogP contribution in [-0.4, -0.2) is 45.3 Å². The smallest absolute Gasteiger partial charge is 0.0860 e. The molecule has 0 spiro atoms. The molecule has 0 aliphatic carbocycles. The number of aryl methyl sites for hydroxylation is 2. The summed E-state index contributed by atoms with van der Waals surface area (Å²) in [6, 6.07) is 0. The molecule has 19 heavy (non-hydrogen) atoms. The first-order valence-corrected chi connectivity index (χ1v) is 8.20. The molecular weight excluding hydrogens is 330 g/mol. The molecule has 0 aromatic carbocycles. The first kappa shape index (κ1) is 15.3. The predicted molar refractivity (Wildman–Crippen MR) is 81.1 cm³/mol. The number of hydrogen-bond donors (Lipinski definition) is 0. The van der Waals surface area contributed by atoms with Crippen LogP contribution >= 0.6 is 27.5 Å². The Labute approximate surface area is 128 Å². The summed E-state index contributed by atoms with van der Waals surface area (Å²) >= 11 is 9.87. The van der Waals surface area contributed by atoms with Crippen LogP contribution in [-0.2, 0) is 17.8 Å². The summed E-state index contributed by atoms with van der Waals surface area (Å²) in [7, 11) is 0. The molecule has 0 bridgehead atoms. The molecule has 108 valence electrons. The number of halogens is 2. The van der Waals surface area contributed by atoms with Crippen molar-refractivity contribution in [3.8, 4) is 0 Å². The van der Waals surface area contributed by atoms with Gasteiger partial charge in [0.05, 0.1) is 28.6 Å². The van der Waals surface area contributed by atoms with Gasteiger partial charge in [0, 0.05) is 31.5 Å². The van der Waals surface area contributed by atoms with Gasteiger partial charge in [-0.05, 0) is 20.8 Å². The zero-order valence-corrected chi connectivity index (χ0v) is 14.0. The lowest BCUT2D eigenvalue weighted by atomic mass is 10.2. The van der Waals surface area contributed by atoms with E-state index in [4.69, 9.17) is 16.3 Å². The molecule has 1 aliphatic heterocycles. The Balaban J connectivity index is 2.12. The summed E-state index contributed by atoms with van der Waals surface area (Å²) in [5, 5.41) is 6.14. The van der Waals surface area contributed by atoms with Crippen LogP contribution < -0.4 is 0 Å². The second-order valence-electron chi connectivity index (χ2n) is 5.08. The molecule has 2 rings (SSSR count). The van der Waals surface area contributed by atoms with Crippen LogP contribution in [0.5, 0.6) is 0 Å². The monoisotopic (exact) mass is 349 g/mol. The lowest BCUT2D eigenvalue weighted by Crippen LogP contribution is -2.47. The zero-order chi connectivity index (χ0) is 14.0. The summed E-state index contributed by atoms with van der Waals surface area (Å²) < 4.78 is 7.85. The number of nitrogens with zero attached hydrogens (tertiary/aromatic N) is 3. The van der Waals surface area contributed by atoms with E-state index in [2.05, 4.69) is 39.8 Å². The van der Waals surface area contributed by atoms with Gasteiger partial charge >= 0.3 is 0 Å². The van der Waals surface area contributed by atoms with Crippen molar-refractivity contribution in [3.63, 3.8) is 0 Å². The van der Waals surface area contributed by atoms with Gasteiger partial charge in [-0.15, -0.1) is 0 Å². The summed E-state index contributed by atoms with van der Waals surface area (Å²) in [4.78, 5) is 2.40. The van der Waals surface area contributed by atoms with E-state index < -0.39 is 0 Å². The standard InChI is InChI=1S/C13H21BrClN3O/c1-4-18-12(13(15)10(3)16-18)8-17-6-9(2)19-11(5-14)7-17/h9,11H,4-8H2,1-3H3. The molecule has 1 saturated heterocycles. The van der Waals surface area contributed by atoms with Gasteiger partial charge < -0.3 is 4.74 Å². The van der Waals surface area contributed by atoms with Crippen LogP contribution in [0.4, 0.5) is 0 Å². The fraction of sp³-hybridized carbons (Fsp3) is 0.769. The Kier molecular flexibility index (Phi) is 5.29. The number of aromatic nitrogens is 2. The Bertz CT molecular complexity index is 438. The highest BCUT2D eigenvalue weighted by molar-refractivity contribution is 9.09. The molecule has 1 aromatic rings. The van der Waals surface area contributed by atoms with Crippen molar-refractivity contribution >= 4 is 27.5 Å². The summed E-state index contributed by atoms with van der Waals surface area (Å²) in [6.07, 6.45) is 0.510. The average Bonchev–Trinajstić information content (AvgIpc) is 2.65. The number of morpholine rings is 1. The number of ether oxygens (including phenoxy) is 1. The quantitative estimate of drug-likeness (QED) is 0.782. The highest BCUT2D eigenvalue weighted by Crippen LogP contribution is 2.23. The maximum Gasteiger partial charge on any atom is 0.0860 e. The minimum atomic E-state index is 0.252. The molecule has 2 unspecified atom stereocenters. The lowest BCUT2D eigenvalue weighted by molar-refractivity contribution is -0.0683. The molecule has 1 fully saturated rings. The van der Waals surface area contributed by atoms with E-state index in [1.165, 1.54) is 0 Å². The highest BCUT2D eigenvalue weighted by Gasteiger charge is 2.26. The van der Waals surface area contributed by atoms with Crippen molar-refractivity contribution in [3.05, 3.63) is 16.4 Å². The van der Waals surface area contributed by atoms with Gasteiger partial charge in [-0.2, -0.15) is 5.10 Å². The van der Waals surface area contributed by atoms with E-state index in [0.29, 0.717) is 0 Å². The maximum atomic E-state index is 6.37. The van der Waals surface area contributed by atoms with Crippen molar-refractivity contribution in [1.29, 1.82) is 0 Å². The zero-order valence-electron chi connectivity index (χ0n) is 11.7. The van der Waals surface area contributed by atoms with E-state index in [-0.39, 0.29) is 12.2 Å². The van der Waals surface area contributed by atoms with Crippen LogP contribution in [0.3, 0.4) is 0 Å². The van der Waals surface area contributed by atoms with E-state index in [1.807, 2.05) is 11.6 Å². The molecule has 4 nitrogen and oxygen atoms in total. The second kappa shape index (κ2) is 6.57. The highest BCUT2D eigenvalue weighted by atomic mass is 79.9. The van der Waals surface area contributed by atoms with Crippen LogP contribution in [0, 0.1) is 6.92 Å². The fourth-order valence-corrected chi connectivity index (χ4v) is 3.14. The second-order valence-corrected chi connectivity index (χ2v) is 6.10. The van der Waals surface area contributed by atoms with Crippen molar-refractivity contribution in [2.75, 3.05) is 18.4 Å². The number of rotatable bonds is 4. The van der Waals surface area contributed by atoms with Crippen LogP contribution in [0.25, 0.3) is 0 Å². The Morgan fingerprint density at radius 1 is 1.47 bits per heavy atom. The van der Waals surface area contributed by atoms with Gasteiger partial charge in [0.15, 0.2) is 0 Å². The van der Waals surface area contributed by atoms with E-state index in [9.17, 15) is 0 Å². The molecule has 0 saturated carbocycles. The van der Waals surface area contributed by atoms with Gasteiger partial charge in [-0.25, -0.2) is 0 Å². The topological polar surface area (TPSA) is 30.3 Å². The first-order valence-electron chi connectivity index (χ1n) is 6.70. The lowest BCUT2D eigenvalue weighted by Gasteiger charge is -2.36. The first-order chi connectivity index (χ1) is 9.05. The van der Waals surface area contributed by atoms with Gasteiger partial charge in [-0.1, -0.05) is 27.5 Å². The van der Waals surface area contributed by atoms with Crippen LogP contribution in [0.15, 0.2) is 0 Å². The summed E-state index contributed by atoms with van der Waals surface area (Å²) in [6.45, 7) is 9.73. The van der Waals surface area contributed by atoms with Gasteiger partial charge in [-0.3, -0.25) is 9.58 Å². The fourth-order valence-electron chi connectivity index (χ4n) is 2.59. The third-order valence-electron chi connectivity index (χ3n) is 3.40. The molecule has 2 atom stereocenters. The third kappa shape index (κ3) is 3.51. The largest absolute Gasteiger partial charge is 0.372 e. The van der Waals surface area contributed by atoms with Crippen LogP contribution in [0.1, 0.15) is 25.2 Å². The molecule has 0 N–H and O–H groups in total. The molecule has 6 heteroatoms. The minimum absolute atomic E-state index is 0.252.